The number of aliphatic carboxylic acids is 2. The van der Waals surface area contributed by atoms with Crippen LogP contribution in [-0.2, 0) is 30.4 Å². The number of nitrogens with two attached hydrogens (primary N) is 3. The third-order valence-electron chi connectivity index (χ3n) is 4.92. The van der Waals surface area contributed by atoms with Crippen LogP contribution in [0.2, 0.25) is 0 Å². The van der Waals surface area contributed by atoms with Crippen molar-refractivity contribution in [2.24, 2.45) is 22.2 Å². The summed E-state index contributed by atoms with van der Waals surface area (Å²) in [5.74, 6) is -4.96. The Hall–Kier alpha value is -4.21. The summed E-state index contributed by atoms with van der Waals surface area (Å²) >= 11 is 0. The second-order valence-corrected chi connectivity index (χ2v) is 7.96. The van der Waals surface area contributed by atoms with Crippen molar-refractivity contribution in [1.29, 1.82) is 0 Å². The largest absolute Gasteiger partial charge is 0.481 e. The normalized spacial score (nSPS) is 13.9. The fraction of sp³-hybridized carbons (Fsp3) is 0.550. The Morgan fingerprint density at radius 1 is 1.03 bits per heavy atom. The number of hydrogen-bond donors (Lipinski definition) is 9. The van der Waals surface area contributed by atoms with Crippen LogP contribution < -0.4 is 33.2 Å². The van der Waals surface area contributed by atoms with E-state index in [2.05, 4.69) is 30.9 Å². The quantitative estimate of drug-likeness (QED) is 0.0603. The molecule has 1 rings (SSSR count). The fourth-order valence-electron chi connectivity index (χ4n) is 2.98. The van der Waals surface area contributed by atoms with E-state index in [0.29, 0.717) is 12.1 Å². The summed E-state index contributed by atoms with van der Waals surface area (Å²) in [6, 6.07) is -4.75. The lowest BCUT2D eigenvalue weighted by Gasteiger charge is -2.23. The molecular weight excluding hydrogens is 478 g/mol. The molecule has 0 spiro atoms. The number of imidazole rings is 1. The monoisotopic (exact) mass is 511 g/mol. The highest BCUT2D eigenvalue weighted by molar-refractivity contribution is 5.94. The molecule has 36 heavy (non-hydrogen) atoms. The average Bonchev–Trinajstić information content (AvgIpc) is 3.30. The van der Waals surface area contributed by atoms with Crippen LogP contribution in [0, 0.1) is 0 Å². The molecule has 4 atom stereocenters. The summed E-state index contributed by atoms with van der Waals surface area (Å²) in [6.45, 7) is 1.49. The summed E-state index contributed by atoms with van der Waals surface area (Å²) in [5, 5.41) is 25.1. The van der Waals surface area contributed by atoms with Gasteiger partial charge < -0.3 is 48.3 Å². The molecule has 4 unspecified atom stereocenters. The summed E-state index contributed by atoms with van der Waals surface area (Å²) in [4.78, 5) is 70.3. The van der Waals surface area contributed by atoms with Gasteiger partial charge in [0.2, 0.25) is 17.7 Å². The van der Waals surface area contributed by atoms with Crippen LogP contribution in [0.3, 0.4) is 0 Å². The Kier molecular flexibility index (Phi) is 12.4. The molecule has 0 radical (unpaired) electrons. The molecule has 0 fully saturated rings. The number of carboxylic acids is 2. The molecule has 0 saturated heterocycles. The van der Waals surface area contributed by atoms with Crippen molar-refractivity contribution in [3.8, 4) is 0 Å². The number of guanidine groups is 1. The molecule has 200 valence electrons. The molecule has 16 heteroatoms. The number of amides is 3. The number of aliphatic imine (C=N–C) groups is 1. The lowest BCUT2D eigenvalue weighted by molar-refractivity contribution is -0.143. The zero-order valence-electron chi connectivity index (χ0n) is 19.8. The number of carboxylic acid groups (broad SMARTS) is 2. The third kappa shape index (κ3) is 11.3. The molecule has 1 aromatic heterocycles. The van der Waals surface area contributed by atoms with Crippen LogP contribution in [0.5, 0.6) is 0 Å². The fourth-order valence-corrected chi connectivity index (χ4v) is 2.98. The van der Waals surface area contributed by atoms with Gasteiger partial charge in [-0.1, -0.05) is 0 Å². The minimum atomic E-state index is -1.46. The van der Waals surface area contributed by atoms with Gasteiger partial charge in [0, 0.05) is 31.3 Å². The number of nitrogens with one attached hydrogen (secondary N) is 4. The Balaban J connectivity index is 2.80. The number of nitrogens with zero attached hydrogens (tertiary/aromatic N) is 2. The van der Waals surface area contributed by atoms with Crippen molar-refractivity contribution in [2.45, 2.75) is 63.2 Å². The first kappa shape index (κ1) is 29.8. The number of H-pyrrole nitrogens is 1. The highest BCUT2D eigenvalue weighted by Gasteiger charge is 2.28. The molecule has 16 nitrogen and oxygen atoms in total. The van der Waals surface area contributed by atoms with Crippen molar-refractivity contribution in [3.63, 3.8) is 0 Å². The SMILES string of the molecule is CC(NC(=O)C(CCCN=C(N)N)NC(=O)C(N)Cc1cnc[nH]1)C(=O)NC(CCC(=O)O)C(=O)O. The number of hydrogen-bond acceptors (Lipinski definition) is 8. The predicted octanol–water partition coefficient (Wildman–Crippen LogP) is -3.24. The van der Waals surface area contributed by atoms with Crippen LogP contribution in [-0.4, -0.2) is 86.5 Å². The van der Waals surface area contributed by atoms with Crippen LogP contribution >= 0.6 is 0 Å². The Morgan fingerprint density at radius 3 is 2.25 bits per heavy atom. The molecular formula is C20H33N9O7. The first-order valence-corrected chi connectivity index (χ1v) is 11.0. The lowest BCUT2D eigenvalue weighted by Crippen LogP contribution is -2.56. The summed E-state index contributed by atoms with van der Waals surface area (Å²) < 4.78 is 0. The lowest BCUT2D eigenvalue weighted by atomic mass is 10.1. The van der Waals surface area contributed by atoms with E-state index in [1.54, 1.807) is 0 Å². The summed E-state index contributed by atoms with van der Waals surface area (Å²) in [7, 11) is 0. The van der Waals surface area contributed by atoms with E-state index in [4.69, 9.17) is 22.3 Å². The van der Waals surface area contributed by atoms with Crippen LogP contribution in [0.4, 0.5) is 0 Å². The van der Waals surface area contributed by atoms with E-state index in [1.165, 1.54) is 19.4 Å². The van der Waals surface area contributed by atoms with Gasteiger partial charge >= 0.3 is 11.9 Å². The van der Waals surface area contributed by atoms with E-state index >= 15 is 0 Å². The molecule has 0 bridgehead atoms. The van der Waals surface area contributed by atoms with Crippen molar-refractivity contribution >= 4 is 35.6 Å². The highest BCUT2D eigenvalue weighted by Crippen LogP contribution is 2.04. The molecule has 3 amide bonds. The van der Waals surface area contributed by atoms with Crippen molar-refractivity contribution in [2.75, 3.05) is 6.54 Å². The van der Waals surface area contributed by atoms with Crippen molar-refractivity contribution in [3.05, 3.63) is 18.2 Å². The molecule has 0 saturated carbocycles. The van der Waals surface area contributed by atoms with Crippen LogP contribution in [0.25, 0.3) is 0 Å². The highest BCUT2D eigenvalue weighted by atomic mass is 16.4. The van der Waals surface area contributed by atoms with Gasteiger partial charge in [0.15, 0.2) is 5.96 Å². The smallest absolute Gasteiger partial charge is 0.326 e. The maximum absolute atomic E-state index is 12.9. The third-order valence-corrected chi connectivity index (χ3v) is 4.92. The van der Waals surface area contributed by atoms with Gasteiger partial charge in [-0.15, -0.1) is 0 Å². The van der Waals surface area contributed by atoms with Crippen LogP contribution in [0.1, 0.15) is 38.3 Å². The Bertz CT molecular complexity index is 932. The van der Waals surface area contributed by atoms with Gasteiger partial charge in [0.05, 0.1) is 12.4 Å². The Labute approximate surface area is 206 Å². The molecule has 0 aliphatic rings. The number of aromatic nitrogens is 2. The molecule has 1 heterocycles. The minimum absolute atomic E-state index is 0.107. The van der Waals surface area contributed by atoms with Crippen molar-refractivity contribution in [1.82, 2.24) is 25.9 Å². The van der Waals surface area contributed by atoms with E-state index in [9.17, 15) is 29.1 Å². The number of rotatable bonds is 16. The van der Waals surface area contributed by atoms with Gasteiger partial charge in [0.25, 0.3) is 0 Å². The zero-order valence-corrected chi connectivity index (χ0v) is 19.8. The van der Waals surface area contributed by atoms with Gasteiger partial charge in [0.1, 0.15) is 18.1 Å². The van der Waals surface area contributed by atoms with E-state index < -0.39 is 60.2 Å². The average molecular weight is 512 g/mol. The van der Waals surface area contributed by atoms with Gasteiger partial charge in [-0.05, 0) is 26.2 Å². The van der Waals surface area contributed by atoms with E-state index in [1.807, 2.05) is 0 Å². The first-order chi connectivity index (χ1) is 16.9. The summed E-state index contributed by atoms with van der Waals surface area (Å²) in [6.07, 6.45) is 2.69. The number of aromatic amines is 1. The van der Waals surface area contributed by atoms with Gasteiger partial charge in [-0.3, -0.25) is 24.2 Å². The maximum Gasteiger partial charge on any atom is 0.326 e. The van der Waals surface area contributed by atoms with Gasteiger partial charge in [-0.25, -0.2) is 9.78 Å². The predicted molar refractivity (Wildman–Crippen MR) is 126 cm³/mol. The first-order valence-electron chi connectivity index (χ1n) is 11.0. The molecule has 12 N–H and O–H groups in total. The second-order valence-electron chi connectivity index (χ2n) is 7.96. The van der Waals surface area contributed by atoms with E-state index in [0.717, 1.165) is 0 Å². The van der Waals surface area contributed by atoms with E-state index in [-0.39, 0.29) is 31.8 Å². The Morgan fingerprint density at radius 2 is 1.69 bits per heavy atom. The molecule has 1 aromatic rings. The molecule has 0 aliphatic heterocycles. The topological polar surface area (TPSA) is 281 Å². The van der Waals surface area contributed by atoms with Crippen molar-refractivity contribution < 1.29 is 34.2 Å². The van der Waals surface area contributed by atoms with Crippen LogP contribution in [0.15, 0.2) is 17.5 Å². The maximum atomic E-state index is 12.9. The number of carbonyl (C=O) groups is 5. The molecule has 0 aliphatic carbocycles. The summed E-state index contributed by atoms with van der Waals surface area (Å²) in [5.41, 5.74) is 17.1. The number of carbonyl (C=O) groups excluding carboxylic acids is 3. The minimum Gasteiger partial charge on any atom is -0.481 e. The molecule has 0 aromatic carbocycles. The van der Waals surface area contributed by atoms with Gasteiger partial charge in [-0.2, -0.15) is 0 Å². The zero-order chi connectivity index (χ0) is 27.3. The standard InChI is InChI=1S/C20H33N9O7/c1-10(16(32)29-14(19(35)36)4-5-15(30)31)27-18(34)13(3-2-6-25-20(22)23)28-17(33)12(21)7-11-8-24-9-26-11/h8-10,12-14H,2-7,21H2,1H3,(H,24,26)(H,27,34)(H,28,33)(H,29,32)(H,30,31)(H,35,36)(H4,22,23,25). The second kappa shape index (κ2) is 14.9.